The zero-order valence-corrected chi connectivity index (χ0v) is 15.4. The van der Waals surface area contributed by atoms with Crippen LogP contribution in [-0.4, -0.2) is 29.0 Å². The molecule has 1 aliphatic rings. The van der Waals surface area contributed by atoms with E-state index in [1.807, 2.05) is 78.6 Å². The van der Waals surface area contributed by atoms with Crippen LogP contribution in [0, 0.1) is 6.92 Å². The maximum absolute atomic E-state index is 12.8. The first-order valence-electron chi connectivity index (χ1n) is 9.29. The van der Waals surface area contributed by atoms with Crippen LogP contribution in [0.5, 0.6) is 0 Å². The minimum atomic E-state index is -0.848. The van der Waals surface area contributed by atoms with Crippen LogP contribution in [0.2, 0.25) is 0 Å². The number of rotatable bonds is 3. The van der Waals surface area contributed by atoms with Gasteiger partial charge in [0, 0.05) is 24.2 Å². The van der Waals surface area contributed by atoms with E-state index in [0.29, 0.717) is 31.5 Å². The smallest absolute Gasteiger partial charge is 0.253 e. The number of hydrogen-bond acceptors (Lipinski definition) is 3. The van der Waals surface area contributed by atoms with Gasteiger partial charge in [0.1, 0.15) is 11.5 Å². The second-order valence-electron chi connectivity index (χ2n) is 7.18. The Kier molecular flexibility index (Phi) is 4.58. The van der Waals surface area contributed by atoms with E-state index in [0.717, 1.165) is 22.6 Å². The van der Waals surface area contributed by atoms with Gasteiger partial charge in [0.05, 0.1) is 5.60 Å². The molecule has 1 N–H and O–H groups in total. The first-order valence-corrected chi connectivity index (χ1v) is 9.29. The van der Waals surface area contributed by atoms with Gasteiger partial charge in [0.15, 0.2) is 0 Å². The number of furan rings is 1. The van der Waals surface area contributed by atoms with E-state index in [4.69, 9.17) is 4.42 Å². The molecule has 0 saturated carbocycles. The normalized spacial score (nSPS) is 16.3. The SMILES string of the molecule is Cc1ccc(-c2ccc(C(=O)N3CCC(O)(c4ccccc4)CC3)cc2)o1. The summed E-state index contributed by atoms with van der Waals surface area (Å²) >= 11 is 0. The van der Waals surface area contributed by atoms with Crippen LogP contribution in [0.4, 0.5) is 0 Å². The van der Waals surface area contributed by atoms with E-state index in [2.05, 4.69) is 0 Å². The van der Waals surface area contributed by atoms with Gasteiger partial charge >= 0.3 is 0 Å². The van der Waals surface area contributed by atoms with Gasteiger partial charge in [0.2, 0.25) is 0 Å². The fraction of sp³-hybridized carbons (Fsp3) is 0.261. The summed E-state index contributed by atoms with van der Waals surface area (Å²) in [5.41, 5.74) is 1.69. The Morgan fingerprint density at radius 2 is 1.63 bits per heavy atom. The van der Waals surface area contributed by atoms with Crippen LogP contribution in [0.25, 0.3) is 11.3 Å². The summed E-state index contributed by atoms with van der Waals surface area (Å²) < 4.78 is 5.63. The maximum atomic E-state index is 12.8. The maximum Gasteiger partial charge on any atom is 0.253 e. The molecule has 27 heavy (non-hydrogen) atoms. The van der Waals surface area contributed by atoms with Crippen molar-refractivity contribution < 1.29 is 14.3 Å². The number of nitrogens with zero attached hydrogens (tertiary/aromatic N) is 1. The number of likely N-dealkylation sites (tertiary alicyclic amines) is 1. The van der Waals surface area contributed by atoms with Crippen molar-refractivity contribution in [2.75, 3.05) is 13.1 Å². The Bertz CT molecular complexity index is 920. The number of carbonyl (C=O) groups is 1. The summed E-state index contributed by atoms with van der Waals surface area (Å²) in [5.74, 6) is 1.68. The van der Waals surface area contributed by atoms with Crippen molar-refractivity contribution in [1.82, 2.24) is 4.90 Å². The fourth-order valence-corrected chi connectivity index (χ4v) is 3.67. The van der Waals surface area contributed by atoms with E-state index >= 15 is 0 Å². The molecule has 4 nitrogen and oxygen atoms in total. The Labute approximate surface area is 159 Å². The van der Waals surface area contributed by atoms with Crippen LogP contribution in [0.3, 0.4) is 0 Å². The standard InChI is InChI=1S/C23H23NO3/c1-17-7-12-21(27-17)18-8-10-19(11-9-18)22(25)24-15-13-23(26,14-16-24)20-5-3-2-4-6-20/h2-12,26H,13-16H2,1H3. The predicted molar refractivity (Wildman–Crippen MR) is 104 cm³/mol. The molecule has 2 heterocycles. The Balaban J connectivity index is 1.43. The molecule has 0 bridgehead atoms. The highest BCUT2D eigenvalue weighted by molar-refractivity contribution is 5.94. The highest BCUT2D eigenvalue weighted by atomic mass is 16.3. The van der Waals surface area contributed by atoms with Crippen LogP contribution < -0.4 is 0 Å². The lowest BCUT2D eigenvalue weighted by Gasteiger charge is -2.38. The molecule has 0 unspecified atom stereocenters. The summed E-state index contributed by atoms with van der Waals surface area (Å²) in [5, 5.41) is 10.9. The molecule has 0 radical (unpaired) electrons. The van der Waals surface area contributed by atoms with Crippen molar-refractivity contribution >= 4 is 5.91 Å². The molecule has 1 fully saturated rings. The molecule has 2 aromatic carbocycles. The van der Waals surface area contributed by atoms with Crippen LogP contribution in [0.1, 0.15) is 34.5 Å². The van der Waals surface area contributed by atoms with Gasteiger partial charge in [-0.2, -0.15) is 0 Å². The monoisotopic (exact) mass is 361 g/mol. The first kappa shape index (κ1) is 17.6. The van der Waals surface area contributed by atoms with Gasteiger partial charge < -0.3 is 14.4 Å². The summed E-state index contributed by atoms with van der Waals surface area (Å²) in [6.07, 6.45) is 1.10. The highest BCUT2D eigenvalue weighted by Gasteiger charge is 2.35. The molecule has 1 amide bonds. The van der Waals surface area contributed by atoms with Crippen molar-refractivity contribution in [2.45, 2.75) is 25.4 Å². The molecule has 1 saturated heterocycles. The topological polar surface area (TPSA) is 53.7 Å². The minimum Gasteiger partial charge on any atom is -0.461 e. The van der Waals surface area contributed by atoms with Gasteiger partial charge in [-0.05, 0) is 49.6 Å². The second-order valence-corrected chi connectivity index (χ2v) is 7.18. The number of benzene rings is 2. The molecule has 0 atom stereocenters. The summed E-state index contributed by atoms with van der Waals surface area (Å²) in [4.78, 5) is 14.6. The minimum absolute atomic E-state index is 0.00675. The molecule has 4 heteroatoms. The molecular weight excluding hydrogens is 338 g/mol. The van der Waals surface area contributed by atoms with Gasteiger partial charge in [0.25, 0.3) is 5.91 Å². The largest absolute Gasteiger partial charge is 0.461 e. The molecule has 1 aromatic heterocycles. The third kappa shape index (κ3) is 3.53. The Morgan fingerprint density at radius 1 is 0.963 bits per heavy atom. The fourth-order valence-electron chi connectivity index (χ4n) is 3.67. The zero-order valence-electron chi connectivity index (χ0n) is 15.4. The van der Waals surface area contributed by atoms with Crippen LogP contribution >= 0.6 is 0 Å². The molecule has 138 valence electrons. The van der Waals surface area contributed by atoms with Gasteiger partial charge in [-0.15, -0.1) is 0 Å². The lowest BCUT2D eigenvalue weighted by atomic mass is 9.84. The van der Waals surface area contributed by atoms with E-state index in [-0.39, 0.29) is 5.91 Å². The van der Waals surface area contributed by atoms with E-state index in [9.17, 15) is 9.90 Å². The number of piperidine rings is 1. The van der Waals surface area contributed by atoms with E-state index in [1.165, 1.54) is 0 Å². The Hall–Kier alpha value is -2.85. The lowest BCUT2D eigenvalue weighted by molar-refractivity contribution is -0.0211. The molecule has 3 aromatic rings. The number of amides is 1. The average Bonchev–Trinajstić information content (AvgIpc) is 3.15. The van der Waals surface area contributed by atoms with Crippen molar-refractivity contribution in [3.05, 3.63) is 83.6 Å². The molecule has 4 rings (SSSR count). The van der Waals surface area contributed by atoms with Crippen LogP contribution in [-0.2, 0) is 5.60 Å². The van der Waals surface area contributed by atoms with Crippen molar-refractivity contribution in [2.24, 2.45) is 0 Å². The van der Waals surface area contributed by atoms with Gasteiger partial charge in [-0.3, -0.25) is 4.79 Å². The van der Waals surface area contributed by atoms with Crippen LogP contribution in [0.15, 0.2) is 71.1 Å². The van der Waals surface area contributed by atoms with Gasteiger partial charge in [-0.1, -0.05) is 42.5 Å². The number of aryl methyl sites for hydroxylation is 1. The molecule has 0 spiro atoms. The van der Waals surface area contributed by atoms with E-state index < -0.39 is 5.60 Å². The average molecular weight is 361 g/mol. The highest BCUT2D eigenvalue weighted by Crippen LogP contribution is 2.33. The third-order valence-corrected chi connectivity index (χ3v) is 5.35. The Morgan fingerprint density at radius 3 is 2.22 bits per heavy atom. The summed E-state index contributed by atoms with van der Waals surface area (Å²) in [6, 6.07) is 21.1. The summed E-state index contributed by atoms with van der Waals surface area (Å²) in [7, 11) is 0. The van der Waals surface area contributed by atoms with Crippen molar-refractivity contribution in [3.63, 3.8) is 0 Å². The van der Waals surface area contributed by atoms with E-state index in [1.54, 1.807) is 0 Å². The molecular formula is C23H23NO3. The van der Waals surface area contributed by atoms with Crippen molar-refractivity contribution in [1.29, 1.82) is 0 Å². The zero-order chi connectivity index (χ0) is 18.9. The predicted octanol–water partition coefficient (Wildman–Crippen LogP) is 4.38. The number of carbonyl (C=O) groups excluding carboxylic acids is 1. The number of aliphatic hydroxyl groups is 1. The quantitative estimate of drug-likeness (QED) is 0.753. The van der Waals surface area contributed by atoms with Crippen molar-refractivity contribution in [3.8, 4) is 11.3 Å². The third-order valence-electron chi connectivity index (χ3n) is 5.35. The molecule has 1 aliphatic heterocycles. The summed E-state index contributed by atoms with van der Waals surface area (Å²) in [6.45, 7) is 3.00. The molecule has 0 aliphatic carbocycles. The number of hydrogen-bond donors (Lipinski definition) is 1. The lowest BCUT2D eigenvalue weighted by Crippen LogP contribution is -2.45. The second kappa shape index (κ2) is 7.05. The first-order chi connectivity index (χ1) is 13.0. The van der Waals surface area contributed by atoms with Gasteiger partial charge in [-0.25, -0.2) is 0 Å².